The van der Waals surface area contributed by atoms with Crippen LogP contribution < -0.4 is 11.5 Å². The smallest absolute Gasteiger partial charge is 0.254 e. The predicted octanol–water partition coefficient (Wildman–Crippen LogP) is 1.43. The van der Waals surface area contributed by atoms with Crippen molar-refractivity contribution in [2.24, 2.45) is 11.5 Å². The van der Waals surface area contributed by atoms with E-state index in [4.69, 9.17) is 23.1 Å². The predicted molar refractivity (Wildman–Crippen MR) is 71.7 cm³/mol. The van der Waals surface area contributed by atoms with E-state index in [1.165, 1.54) is 0 Å². The van der Waals surface area contributed by atoms with Crippen LogP contribution in [0.15, 0.2) is 35.9 Å². The Morgan fingerprint density at radius 2 is 1.61 bits per heavy atom. The summed E-state index contributed by atoms with van der Waals surface area (Å²) >= 11 is 5.64. The molecule has 1 aromatic carbocycles. The highest BCUT2D eigenvalue weighted by Crippen LogP contribution is 2.24. The molecule has 1 rings (SSSR count). The van der Waals surface area contributed by atoms with E-state index in [-0.39, 0.29) is 5.57 Å². The van der Waals surface area contributed by atoms with Crippen LogP contribution >= 0.6 is 11.6 Å². The standard InChI is InChI=1S/C13H15ClN2O2/c14-8-4-7-10(9-5-2-1-3-6-9)11(12(15)17)13(16)18/h1-3,5-6H,4,7-8H2,(H2,15,17)(H2,16,18). The monoisotopic (exact) mass is 266 g/mol. The molecule has 0 saturated heterocycles. The van der Waals surface area contributed by atoms with Gasteiger partial charge >= 0.3 is 0 Å². The minimum absolute atomic E-state index is 0.147. The third-order valence-corrected chi connectivity index (χ3v) is 2.74. The number of alkyl halides is 1. The molecule has 0 heterocycles. The lowest BCUT2D eigenvalue weighted by Crippen LogP contribution is -2.27. The Labute approximate surface area is 111 Å². The van der Waals surface area contributed by atoms with E-state index in [1.807, 2.05) is 18.2 Å². The molecule has 5 heteroatoms. The van der Waals surface area contributed by atoms with Crippen molar-refractivity contribution in [3.8, 4) is 0 Å². The van der Waals surface area contributed by atoms with Crippen molar-refractivity contribution in [2.45, 2.75) is 12.8 Å². The summed E-state index contributed by atoms with van der Waals surface area (Å²) in [6.07, 6.45) is 1.12. The van der Waals surface area contributed by atoms with Crippen LogP contribution in [0.1, 0.15) is 18.4 Å². The number of hydrogen-bond acceptors (Lipinski definition) is 2. The molecule has 1 aromatic rings. The highest BCUT2D eigenvalue weighted by Gasteiger charge is 2.19. The molecule has 0 atom stereocenters. The van der Waals surface area contributed by atoms with Crippen LogP contribution in [0.25, 0.3) is 5.57 Å². The molecular formula is C13H15ClN2O2. The van der Waals surface area contributed by atoms with Crippen LogP contribution in [0.2, 0.25) is 0 Å². The molecule has 0 aliphatic rings. The molecule has 0 saturated carbocycles. The van der Waals surface area contributed by atoms with Gasteiger partial charge in [0.25, 0.3) is 11.8 Å². The number of benzene rings is 1. The van der Waals surface area contributed by atoms with E-state index < -0.39 is 11.8 Å². The summed E-state index contributed by atoms with van der Waals surface area (Å²) in [4.78, 5) is 22.7. The van der Waals surface area contributed by atoms with Crippen molar-refractivity contribution in [3.63, 3.8) is 0 Å². The van der Waals surface area contributed by atoms with Gasteiger partial charge in [0.1, 0.15) is 5.57 Å². The highest BCUT2D eigenvalue weighted by atomic mass is 35.5. The zero-order valence-electron chi connectivity index (χ0n) is 9.86. The van der Waals surface area contributed by atoms with E-state index in [1.54, 1.807) is 12.1 Å². The van der Waals surface area contributed by atoms with E-state index in [0.717, 1.165) is 5.56 Å². The van der Waals surface area contributed by atoms with Gasteiger partial charge in [-0.05, 0) is 24.0 Å². The summed E-state index contributed by atoms with van der Waals surface area (Å²) < 4.78 is 0. The second kappa shape index (κ2) is 6.81. The fourth-order valence-electron chi connectivity index (χ4n) is 1.72. The number of carbonyl (C=O) groups excluding carboxylic acids is 2. The number of primary amides is 2. The molecule has 2 amide bonds. The van der Waals surface area contributed by atoms with Crippen molar-refractivity contribution in [1.82, 2.24) is 0 Å². The molecule has 96 valence electrons. The van der Waals surface area contributed by atoms with Crippen LogP contribution in [-0.4, -0.2) is 17.7 Å². The minimum atomic E-state index is -0.809. The lowest BCUT2D eigenvalue weighted by atomic mass is 9.95. The molecule has 0 radical (unpaired) electrons. The van der Waals surface area contributed by atoms with Crippen LogP contribution in [0.5, 0.6) is 0 Å². The van der Waals surface area contributed by atoms with Gasteiger partial charge < -0.3 is 11.5 Å². The molecule has 4 nitrogen and oxygen atoms in total. The quantitative estimate of drug-likeness (QED) is 0.353. The second-order valence-electron chi connectivity index (χ2n) is 3.74. The average molecular weight is 267 g/mol. The van der Waals surface area contributed by atoms with Gasteiger partial charge in [0, 0.05) is 5.88 Å². The number of carbonyl (C=O) groups is 2. The molecular weight excluding hydrogens is 252 g/mol. The van der Waals surface area contributed by atoms with Gasteiger partial charge in [-0.1, -0.05) is 30.3 Å². The van der Waals surface area contributed by atoms with E-state index in [2.05, 4.69) is 0 Å². The maximum Gasteiger partial charge on any atom is 0.254 e. The van der Waals surface area contributed by atoms with Crippen molar-refractivity contribution in [2.75, 3.05) is 5.88 Å². The molecule has 0 aliphatic carbocycles. The molecule has 0 bridgehead atoms. The Kier molecular flexibility index (Phi) is 5.39. The van der Waals surface area contributed by atoms with Crippen molar-refractivity contribution >= 4 is 29.0 Å². The van der Waals surface area contributed by atoms with Gasteiger partial charge in [0.15, 0.2) is 0 Å². The Bertz CT molecular complexity index is 453. The molecule has 0 fully saturated rings. The molecule has 0 aromatic heterocycles. The first kappa shape index (κ1) is 14.3. The number of halogens is 1. The first-order valence-corrected chi connectivity index (χ1v) is 6.05. The Hall–Kier alpha value is -1.81. The Morgan fingerprint density at radius 3 is 2.06 bits per heavy atom. The highest BCUT2D eigenvalue weighted by molar-refractivity contribution is 6.22. The normalized spacial score (nSPS) is 9.83. The third-order valence-electron chi connectivity index (χ3n) is 2.48. The first-order valence-electron chi connectivity index (χ1n) is 5.52. The van der Waals surface area contributed by atoms with E-state index in [9.17, 15) is 9.59 Å². The minimum Gasteiger partial charge on any atom is -0.365 e. The van der Waals surface area contributed by atoms with Crippen LogP contribution in [-0.2, 0) is 9.59 Å². The van der Waals surface area contributed by atoms with Crippen molar-refractivity contribution in [3.05, 3.63) is 41.5 Å². The molecule has 4 N–H and O–H groups in total. The summed E-state index contributed by atoms with van der Waals surface area (Å²) in [7, 11) is 0. The molecule has 0 unspecified atom stereocenters. The topological polar surface area (TPSA) is 86.2 Å². The van der Waals surface area contributed by atoms with Gasteiger partial charge in [-0.3, -0.25) is 9.59 Å². The number of amides is 2. The third kappa shape index (κ3) is 3.60. The van der Waals surface area contributed by atoms with Crippen LogP contribution in [0, 0.1) is 0 Å². The fraction of sp³-hybridized carbons (Fsp3) is 0.231. The van der Waals surface area contributed by atoms with E-state index >= 15 is 0 Å². The van der Waals surface area contributed by atoms with Gasteiger partial charge in [0.2, 0.25) is 0 Å². The van der Waals surface area contributed by atoms with Gasteiger partial charge in [-0.15, -0.1) is 11.6 Å². The fourth-order valence-corrected chi connectivity index (χ4v) is 1.85. The molecule has 18 heavy (non-hydrogen) atoms. The van der Waals surface area contributed by atoms with E-state index in [0.29, 0.717) is 24.3 Å². The zero-order valence-corrected chi connectivity index (χ0v) is 10.6. The SMILES string of the molecule is NC(=O)C(C(N)=O)=C(CCCCl)c1ccccc1. The van der Waals surface area contributed by atoms with Crippen LogP contribution in [0.3, 0.4) is 0 Å². The number of hydrogen-bond donors (Lipinski definition) is 2. The zero-order chi connectivity index (χ0) is 13.5. The van der Waals surface area contributed by atoms with Crippen molar-refractivity contribution in [1.29, 1.82) is 0 Å². The average Bonchev–Trinajstić information content (AvgIpc) is 2.34. The summed E-state index contributed by atoms with van der Waals surface area (Å²) in [5, 5.41) is 0. The second-order valence-corrected chi connectivity index (χ2v) is 4.12. The Balaban J connectivity index is 3.30. The number of rotatable bonds is 6. The molecule has 0 aliphatic heterocycles. The summed E-state index contributed by atoms with van der Waals surface area (Å²) in [6, 6.07) is 9.08. The van der Waals surface area contributed by atoms with Gasteiger partial charge in [-0.25, -0.2) is 0 Å². The Morgan fingerprint density at radius 1 is 1.06 bits per heavy atom. The summed E-state index contributed by atoms with van der Waals surface area (Å²) in [5.41, 5.74) is 11.6. The number of allylic oxidation sites excluding steroid dienone is 1. The maximum absolute atomic E-state index is 11.3. The molecule has 0 spiro atoms. The van der Waals surface area contributed by atoms with Crippen LogP contribution in [0.4, 0.5) is 0 Å². The largest absolute Gasteiger partial charge is 0.365 e. The van der Waals surface area contributed by atoms with Crippen molar-refractivity contribution < 1.29 is 9.59 Å². The number of nitrogens with two attached hydrogens (primary N) is 2. The lowest BCUT2D eigenvalue weighted by Gasteiger charge is -2.11. The lowest BCUT2D eigenvalue weighted by molar-refractivity contribution is -0.120. The van der Waals surface area contributed by atoms with Gasteiger partial charge in [-0.2, -0.15) is 0 Å². The summed E-state index contributed by atoms with van der Waals surface area (Å²) in [5.74, 6) is -1.19. The first-order chi connectivity index (χ1) is 8.57. The summed E-state index contributed by atoms with van der Waals surface area (Å²) in [6.45, 7) is 0. The van der Waals surface area contributed by atoms with Gasteiger partial charge in [0.05, 0.1) is 0 Å². The maximum atomic E-state index is 11.3.